The average Bonchev–Trinajstić information content (AvgIpc) is 3.28. The second-order valence-electron chi connectivity index (χ2n) is 8.38. The van der Waals surface area contributed by atoms with Crippen molar-refractivity contribution in [1.82, 2.24) is 19.9 Å². The molecule has 2 aliphatic rings. The van der Waals surface area contributed by atoms with Gasteiger partial charge in [0.15, 0.2) is 0 Å². The van der Waals surface area contributed by atoms with Crippen LogP contribution in [0.4, 0.5) is 0 Å². The van der Waals surface area contributed by atoms with Crippen LogP contribution >= 0.6 is 0 Å². The molecule has 1 aliphatic heterocycles. The number of ether oxygens (including phenoxy) is 1. The molecule has 1 saturated carbocycles. The molecule has 3 rings (SSSR count). The summed E-state index contributed by atoms with van der Waals surface area (Å²) >= 11 is 0. The summed E-state index contributed by atoms with van der Waals surface area (Å²) in [7, 11) is 1.72. The highest BCUT2D eigenvalue weighted by Crippen LogP contribution is 2.26. The lowest BCUT2D eigenvalue weighted by Crippen LogP contribution is -2.50. The molecule has 0 amide bonds. The smallest absolute Gasteiger partial charge is 0.233 e. The van der Waals surface area contributed by atoms with E-state index in [-0.39, 0.29) is 12.6 Å². The van der Waals surface area contributed by atoms with E-state index < -0.39 is 0 Å². The SMILES string of the molecule is Cc1nc(/C(N)=C(\CN(N)/C(=N\N)N2CCCC2)N(C)N)ccc1OC1CCCCC1. The van der Waals surface area contributed by atoms with E-state index in [4.69, 9.17) is 28.0 Å². The fourth-order valence-electron chi connectivity index (χ4n) is 4.21. The maximum absolute atomic E-state index is 6.47. The number of hydrogen-bond donors (Lipinski definition) is 4. The number of rotatable bonds is 6. The number of hydrogen-bond acceptors (Lipinski definition) is 8. The molecule has 0 radical (unpaired) electrons. The van der Waals surface area contributed by atoms with Crippen LogP contribution in [0.3, 0.4) is 0 Å². The van der Waals surface area contributed by atoms with Gasteiger partial charge in [0, 0.05) is 20.1 Å². The van der Waals surface area contributed by atoms with Crippen LogP contribution in [0.15, 0.2) is 22.9 Å². The Morgan fingerprint density at radius 1 is 1.16 bits per heavy atom. The number of aryl methyl sites for hydroxylation is 1. The number of hydrazone groups is 1. The van der Waals surface area contributed by atoms with Gasteiger partial charge in [-0.25, -0.2) is 16.7 Å². The van der Waals surface area contributed by atoms with Crippen molar-refractivity contribution < 1.29 is 4.74 Å². The second-order valence-corrected chi connectivity index (χ2v) is 8.38. The van der Waals surface area contributed by atoms with Crippen LogP contribution < -0.4 is 28.0 Å². The van der Waals surface area contributed by atoms with E-state index in [0.29, 0.717) is 23.0 Å². The third-order valence-electron chi connectivity index (χ3n) is 5.98. The number of likely N-dealkylation sites (tertiary alicyclic amines) is 1. The van der Waals surface area contributed by atoms with Crippen molar-refractivity contribution in [3.05, 3.63) is 29.2 Å². The number of aromatic nitrogens is 1. The summed E-state index contributed by atoms with van der Waals surface area (Å²) in [5, 5.41) is 6.82. The number of nitrogens with zero attached hydrogens (tertiary/aromatic N) is 5. The number of guanidine groups is 1. The predicted molar refractivity (Wildman–Crippen MR) is 123 cm³/mol. The molecule has 1 aliphatic carbocycles. The Kier molecular flexibility index (Phi) is 7.80. The van der Waals surface area contributed by atoms with E-state index >= 15 is 0 Å². The Morgan fingerprint density at radius 3 is 2.42 bits per heavy atom. The first kappa shape index (κ1) is 23.0. The molecule has 0 spiro atoms. The van der Waals surface area contributed by atoms with Crippen molar-refractivity contribution in [1.29, 1.82) is 0 Å². The first-order chi connectivity index (χ1) is 14.9. The Labute approximate surface area is 184 Å². The van der Waals surface area contributed by atoms with E-state index in [1.165, 1.54) is 29.3 Å². The van der Waals surface area contributed by atoms with Gasteiger partial charge < -0.3 is 26.2 Å². The summed E-state index contributed by atoms with van der Waals surface area (Å²) in [6, 6.07) is 3.80. The van der Waals surface area contributed by atoms with Gasteiger partial charge in [-0.2, -0.15) is 0 Å². The molecule has 0 aromatic carbocycles. The van der Waals surface area contributed by atoms with Crippen molar-refractivity contribution >= 4 is 11.7 Å². The van der Waals surface area contributed by atoms with E-state index in [1.54, 1.807) is 7.05 Å². The zero-order valence-corrected chi connectivity index (χ0v) is 18.8. The number of pyridine rings is 1. The van der Waals surface area contributed by atoms with Gasteiger partial charge in [0.05, 0.1) is 35.4 Å². The summed E-state index contributed by atoms with van der Waals surface area (Å²) < 4.78 is 6.18. The Morgan fingerprint density at radius 2 is 1.84 bits per heavy atom. The fourth-order valence-corrected chi connectivity index (χ4v) is 4.21. The molecule has 0 unspecified atom stereocenters. The molecule has 1 saturated heterocycles. The molecule has 2 heterocycles. The molecule has 1 aromatic rings. The molecule has 0 atom stereocenters. The number of nitrogens with two attached hydrogens (primary N) is 4. The zero-order chi connectivity index (χ0) is 22.4. The van der Waals surface area contributed by atoms with Crippen LogP contribution in [-0.4, -0.2) is 58.6 Å². The van der Waals surface area contributed by atoms with Crippen LogP contribution in [-0.2, 0) is 0 Å². The zero-order valence-electron chi connectivity index (χ0n) is 18.8. The normalized spacial score (nSPS) is 18.7. The molecule has 8 N–H and O–H groups in total. The largest absolute Gasteiger partial charge is 0.489 e. The Bertz CT molecular complexity index is 796. The minimum absolute atomic E-state index is 0.242. The average molecular weight is 432 g/mol. The maximum Gasteiger partial charge on any atom is 0.233 e. The van der Waals surface area contributed by atoms with Gasteiger partial charge in [-0.1, -0.05) is 6.42 Å². The summed E-state index contributed by atoms with van der Waals surface area (Å²) in [5.74, 6) is 19.3. The molecule has 10 nitrogen and oxygen atoms in total. The third kappa shape index (κ3) is 5.71. The fraction of sp³-hybridized carbons (Fsp3) is 0.619. The summed E-state index contributed by atoms with van der Waals surface area (Å²) in [4.78, 5) is 6.74. The topological polar surface area (TPSA) is 148 Å². The molecule has 0 bridgehead atoms. The Hall–Kier alpha value is -2.72. The molecular formula is C21H37N9O. The molecule has 10 heteroatoms. The lowest BCUT2D eigenvalue weighted by molar-refractivity contribution is 0.153. The third-order valence-corrected chi connectivity index (χ3v) is 5.98. The van der Waals surface area contributed by atoms with Crippen molar-refractivity contribution in [2.75, 3.05) is 26.7 Å². The first-order valence-corrected chi connectivity index (χ1v) is 11.1. The highest BCUT2D eigenvalue weighted by atomic mass is 16.5. The molecule has 31 heavy (non-hydrogen) atoms. The lowest BCUT2D eigenvalue weighted by atomic mass is 9.98. The predicted octanol–water partition coefficient (Wildman–Crippen LogP) is 1.04. The summed E-state index contributed by atoms with van der Waals surface area (Å²) in [5.41, 5.74) is 8.97. The van der Waals surface area contributed by atoms with E-state index in [9.17, 15) is 0 Å². The van der Waals surface area contributed by atoms with Crippen LogP contribution in [0.5, 0.6) is 5.75 Å². The first-order valence-electron chi connectivity index (χ1n) is 11.1. The minimum atomic E-state index is 0.242. The van der Waals surface area contributed by atoms with Crippen molar-refractivity contribution in [2.45, 2.75) is 58.0 Å². The van der Waals surface area contributed by atoms with Crippen LogP contribution in [0.25, 0.3) is 5.70 Å². The highest BCUT2D eigenvalue weighted by Gasteiger charge is 2.23. The molecule has 2 fully saturated rings. The number of likely N-dealkylation sites (N-methyl/N-ethyl adjacent to an activating group) is 1. The van der Waals surface area contributed by atoms with Gasteiger partial charge in [-0.3, -0.25) is 5.01 Å². The van der Waals surface area contributed by atoms with Crippen molar-refractivity contribution in [2.24, 2.45) is 28.4 Å². The summed E-state index contributed by atoms with van der Waals surface area (Å²) in [6.07, 6.45) is 8.37. The second kappa shape index (κ2) is 10.5. The van der Waals surface area contributed by atoms with Gasteiger partial charge in [-0.05, 0) is 57.6 Å². The van der Waals surface area contributed by atoms with Crippen molar-refractivity contribution in [3.8, 4) is 5.75 Å². The highest BCUT2D eigenvalue weighted by molar-refractivity contribution is 5.80. The quantitative estimate of drug-likeness (QED) is 0.224. The molecular weight excluding hydrogens is 394 g/mol. The van der Waals surface area contributed by atoms with E-state index in [0.717, 1.165) is 50.2 Å². The van der Waals surface area contributed by atoms with Gasteiger partial charge in [0.1, 0.15) is 5.75 Å². The van der Waals surface area contributed by atoms with Crippen LogP contribution in [0, 0.1) is 6.92 Å². The molecule has 172 valence electrons. The van der Waals surface area contributed by atoms with E-state index in [2.05, 4.69) is 15.0 Å². The van der Waals surface area contributed by atoms with Gasteiger partial charge in [0.2, 0.25) is 5.96 Å². The number of hydrazine groups is 2. The van der Waals surface area contributed by atoms with Gasteiger partial charge in [0.25, 0.3) is 0 Å². The van der Waals surface area contributed by atoms with Gasteiger partial charge >= 0.3 is 0 Å². The molecule has 1 aromatic heterocycles. The lowest BCUT2D eigenvalue weighted by Gasteiger charge is -2.30. The van der Waals surface area contributed by atoms with Crippen LogP contribution in [0.2, 0.25) is 0 Å². The van der Waals surface area contributed by atoms with Crippen molar-refractivity contribution in [3.63, 3.8) is 0 Å². The standard InChI is InChI=1S/C21H37N9O/c1-15-19(31-16-8-4-3-5-9-16)11-10-17(26-15)20(22)18(28(2)24)14-30(25)21(27-23)29-12-6-7-13-29/h10-11,16H,3-9,12-14,22-25H2,1-2H3/b20-18-,27-21-. The minimum Gasteiger partial charge on any atom is -0.489 e. The van der Waals surface area contributed by atoms with Gasteiger partial charge in [-0.15, -0.1) is 5.10 Å². The summed E-state index contributed by atoms with van der Waals surface area (Å²) in [6.45, 7) is 3.93. The monoisotopic (exact) mass is 431 g/mol. The van der Waals surface area contributed by atoms with Crippen LogP contribution in [0.1, 0.15) is 56.3 Å². The van der Waals surface area contributed by atoms with E-state index in [1.807, 2.05) is 19.1 Å². The Balaban J connectivity index is 1.77. The maximum atomic E-state index is 6.47.